The molecule has 0 aliphatic carbocycles. The molecule has 0 bridgehead atoms. The SMILES string of the molecule is Nc1c(OC(=O)O)cnn1-c1ncc(Cl)cc1Cl. The van der Waals surface area contributed by atoms with Gasteiger partial charge in [0.1, 0.15) is 0 Å². The Bertz CT molecular complexity index is 614. The predicted molar refractivity (Wildman–Crippen MR) is 64.4 cm³/mol. The van der Waals surface area contributed by atoms with E-state index in [1.807, 2.05) is 0 Å². The average molecular weight is 289 g/mol. The summed E-state index contributed by atoms with van der Waals surface area (Å²) in [6.07, 6.45) is 1.02. The highest BCUT2D eigenvalue weighted by atomic mass is 35.5. The Morgan fingerprint density at radius 1 is 1.44 bits per heavy atom. The van der Waals surface area contributed by atoms with Gasteiger partial charge in [0.05, 0.1) is 16.2 Å². The largest absolute Gasteiger partial charge is 0.511 e. The summed E-state index contributed by atoms with van der Waals surface area (Å²) >= 11 is 11.6. The number of nitrogens with two attached hydrogens (primary N) is 1. The molecule has 0 radical (unpaired) electrons. The van der Waals surface area contributed by atoms with E-state index in [9.17, 15) is 4.79 Å². The van der Waals surface area contributed by atoms with Crippen LogP contribution in [0.15, 0.2) is 18.5 Å². The minimum atomic E-state index is -1.49. The van der Waals surface area contributed by atoms with Gasteiger partial charge in [0.15, 0.2) is 17.4 Å². The number of carbonyl (C=O) groups is 1. The normalized spacial score (nSPS) is 10.3. The molecule has 2 rings (SSSR count). The third-order valence-electron chi connectivity index (χ3n) is 1.96. The number of nitrogen functional groups attached to an aromatic ring is 1. The number of halogens is 2. The lowest BCUT2D eigenvalue weighted by Crippen LogP contribution is -2.07. The lowest BCUT2D eigenvalue weighted by molar-refractivity contribution is 0.144. The summed E-state index contributed by atoms with van der Waals surface area (Å²) in [5.41, 5.74) is 5.67. The molecule has 0 aliphatic heterocycles. The topological polar surface area (TPSA) is 103 Å². The van der Waals surface area contributed by atoms with Crippen molar-refractivity contribution in [1.29, 1.82) is 0 Å². The van der Waals surface area contributed by atoms with Gasteiger partial charge in [-0.25, -0.2) is 9.78 Å². The average Bonchev–Trinajstić information content (AvgIpc) is 2.60. The molecule has 0 saturated heterocycles. The van der Waals surface area contributed by atoms with Gasteiger partial charge in [0.2, 0.25) is 0 Å². The van der Waals surface area contributed by atoms with Crippen LogP contribution in [-0.2, 0) is 0 Å². The van der Waals surface area contributed by atoms with Crippen molar-refractivity contribution in [1.82, 2.24) is 14.8 Å². The van der Waals surface area contributed by atoms with Crippen LogP contribution in [0.1, 0.15) is 0 Å². The van der Waals surface area contributed by atoms with Crippen LogP contribution in [0.5, 0.6) is 5.75 Å². The highest BCUT2D eigenvalue weighted by Crippen LogP contribution is 2.27. The Morgan fingerprint density at radius 2 is 2.17 bits per heavy atom. The second kappa shape index (κ2) is 4.71. The fourth-order valence-electron chi connectivity index (χ4n) is 1.25. The standard InChI is InChI=1S/C9H6Cl2N4O3/c10-4-1-5(11)8(13-2-4)15-7(12)6(3-14-15)18-9(16)17/h1-3H,12H2,(H,16,17). The van der Waals surface area contributed by atoms with E-state index in [-0.39, 0.29) is 22.4 Å². The van der Waals surface area contributed by atoms with Gasteiger partial charge in [0.25, 0.3) is 0 Å². The lowest BCUT2D eigenvalue weighted by atomic mass is 10.4. The lowest BCUT2D eigenvalue weighted by Gasteiger charge is -2.05. The molecule has 0 aliphatic rings. The molecule has 0 saturated carbocycles. The van der Waals surface area contributed by atoms with Gasteiger partial charge in [-0.2, -0.15) is 9.78 Å². The highest BCUT2D eigenvalue weighted by Gasteiger charge is 2.16. The molecule has 7 nitrogen and oxygen atoms in total. The molecule has 0 fully saturated rings. The van der Waals surface area contributed by atoms with Crippen LogP contribution < -0.4 is 10.5 Å². The number of hydrogen-bond acceptors (Lipinski definition) is 5. The summed E-state index contributed by atoms with van der Waals surface area (Å²) in [6.45, 7) is 0. The van der Waals surface area contributed by atoms with Crippen molar-refractivity contribution in [2.24, 2.45) is 0 Å². The Balaban J connectivity index is 2.45. The zero-order valence-electron chi connectivity index (χ0n) is 8.67. The fraction of sp³-hybridized carbons (Fsp3) is 0. The molecule has 0 unspecified atom stereocenters. The monoisotopic (exact) mass is 288 g/mol. The summed E-state index contributed by atoms with van der Waals surface area (Å²) in [6, 6.07) is 1.46. The molecule has 94 valence electrons. The van der Waals surface area contributed by atoms with E-state index >= 15 is 0 Å². The van der Waals surface area contributed by atoms with E-state index in [1.54, 1.807) is 0 Å². The number of carboxylic acid groups (broad SMARTS) is 1. The summed E-state index contributed by atoms with van der Waals surface area (Å²) in [7, 11) is 0. The van der Waals surface area contributed by atoms with E-state index in [2.05, 4.69) is 14.8 Å². The van der Waals surface area contributed by atoms with Crippen molar-refractivity contribution in [3.63, 3.8) is 0 Å². The van der Waals surface area contributed by atoms with E-state index in [4.69, 9.17) is 34.0 Å². The van der Waals surface area contributed by atoms with Gasteiger partial charge < -0.3 is 15.6 Å². The van der Waals surface area contributed by atoms with Crippen molar-refractivity contribution in [2.45, 2.75) is 0 Å². The number of ether oxygens (including phenoxy) is 1. The molecule has 0 atom stereocenters. The summed E-state index contributed by atoms with van der Waals surface area (Å²) in [5, 5.41) is 12.9. The van der Waals surface area contributed by atoms with Crippen molar-refractivity contribution >= 4 is 35.2 Å². The Kier molecular flexibility index (Phi) is 3.26. The Morgan fingerprint density at radius 3 is 2.78 bits per heavy atom. The third-order valence-corrected chi connectivity index (χ3v) is 2.44. The molecule has 3 N–H and O–H groups in total. The van der Waals surface area contributed by atoms with Crippen LogP contribution >= 0.6 is 23.2 Å². The minimum Gasteiger partial charge on any atom is -0.449 e. The molecule has 2 aromatic heterocycles. The van der Waals surface area contributed by atoms with Crippen molar-refractivity contribution in [3.05, 3.63) is 28.5 Å². The predicted octanol–water partition coefficient (Wildman–Crippen LogP) is 2.21. The Labute approximate surface area is 111 Å². The number of pyridine rings is 1. The second-order valence-electron chi connectivity index (χ2n) is 3.13. The molecular weight excluding hydrogens is 283 g/mol. The van der Waals surface area contributed by atoms with Crippen molar-refractivity contribution in [3.8, 4) is 11.6 Å². The van der Waals surface area contributed by atoms with Crippen LogP contribution in [0, 0.1) is 0 Å². The van der Waals surface area contributed by atoms with Crippen LogP contribution in [-0.4, -0.2) is 26.0 Å². The molecule has 2 heterocycles. The van der Waals surface area contributed by atoms with Gasteiger partial charge in [-0.05, 0) is 6.07 Å². The molecule has 0 spiro atoms. The second-order valence-corrected chi connectivity index (χ2v) is 3.98. The summed E-state index contributed by atoms with van der Waals surface area (Å²) in [4.78, 5) is 14.4. The molecule has 0 amide bonds. The fourth-order valence-corrected chi connectivity index (χ4v) is 1.71. The first kappa shape index (κ1) is 12.5. The molecule has 18 heavy (non-hydrogen) atoms. The van der Waals surface area contributed by atoms with Gasteiger partial charge in [-0.3, -0.25) is 0 Å². The van der Waals surface area contributed by atoms with Crippen molar-refractivity contribution in [2.75, 3.05) is 5.73 Å². The maximum absolute atomic E-state index is 10.4. The van der Waals surface area contributed by atoms with Gasteiger partial charge >= 0.3 is 6.16 Å². The quantitative estimate of drug-likeness (QED) is 0.821. The van der Waals surface area contributed by atoms with Crippen molar-refractivity contribution < 1.29 is 14.6 Å². The molecule has 0 aromatic carbocycles. The number of hydrogen-bond donors (Lipinski definition) is 2. The maximum atomic E-state index is 10.4. The molecule has 2 aromatic rings. The summed E-state index contributed by atoms with van der Waals surface area (Å²) < 4.78 is 5.57. The number of aromatic nitrogens is 3. The Hall–Kier alpha value is -1.99. The van der Waals surface area contributed by atoms with Crippen LogP contribution in [0.4, 0.5) is 10.6 Å². The smallest absolute Gasteiger partial charge is 0.449 e. The first-order valence-corrected chi connectivity index (χ1v) is 5.30. The van der Waals surface area contributed by atoms with Gasteiger partial charge in [-0.15, -0.1) is 0 Å². The zero-order chi connectivity index (χ0) is 13.3. The van der Waals surface area contributed by atoms with Crippen LogP contribution in [0.3, 0.4) is 0 Å². The highest BCUT2D eigenvalue weighted by molar-refractivity contribution is 6.35. The first-order valence-electron chi connectivity index (χ1n) is 4.54. The molecule has 9 heteroatoms. The van der Waals surface area contributed by atoms with Gasteiger partial charge in [-0.1, -0.05) is 23.2 Å². The van der Waals surface area contributed by atoms with E-state index < -0.39 is 6.16 Å². The third kappa shape index (κ3) is 2.31. The number of anilines is 1. The first-order chi connectivity index (χ1) is 8.49. The van der Waals surface area contributed by atoms with Crippen LogP contribution in [0.2, 0.25) is 10.0 Å². The number of nitrogens with zero attached hydrogens (tertiary/aromatic N) is 3. The maximum Gasteiger partial charge on any atom is 0.511 e. The van der Waals surface area contributed by atoms with E-state index in [0.717, 1.165) is 10.9 Å². The summed E-state index contributed by atoms with van der Waals surface area (Å²) in [5.74, 6) is 0.0863. The minimum absolute atomic E-state index is 0.0332. The molecular formula is C9H6Cl2N4O3. The zero-order valence-corrected chi connectivity index (χ0v) is 10.2. The van der Waals surface area contributed by atoms with E-state index in [0.29, 0.717) is 5.02 Å². The van der Waals surface area contributed by atoms with Gasteiger partial charge in [0, 0.05) is 6.20 Å². The van der Waals surface area contributed by atoms with Crippen LogP contribution in [0.25, 0.3) is 5.82 Å². The van der Waals surface area contributed by atoms with E-state index in [1.165, 1.54) is 12.3 Å². The number of rotatable bonds is 2.